The van der Waals surface area contributed by atoms with Gasteiger partial charge in [0, 0.05) is 12.2 Å². The summed E-state index contributed by atoms with van der Waals surface area (Å²) in [5, 5.41) is 0. The lowest BCUT2D eigenvalue weighted by Crippen LogP contribution is -2.27. The average molecular weight is 282 g/mol. The van der Waals surface area contributed by atoms with E-state index < -0.39 is 0 Å². The third kappa shape index (κ3) is 2.93. The van der Waals surface area contributed by atoms with E-state index in [4.69, 9.17) is 4.74 Å². The number of likely N-dealkylation sites (tertiary alicyclic amines) is 1. The first-order valence-corrected chi connectivity index (χ1v) is 7.60. The molecule has 0 radical (unpaired) electrons. The van der Waals surface area contributed by atoms with E-state index in [1.54, 1.807) is 7.11 Å². The molecular formula is C18H22N2O. The van der Waals surface area contributed by atoms with Crippen LogP contribution in [-0.4, -0.2) is 23.5 Å². The molecule has 3 nitrogen and oxygen atoms in total. The van der Waals surface area contributed by atoms with Gasteiger partial charge in [-0.25, -0.2) is 0 Å². The number of hydrogen-bond donors (Lipinski definition) is 0. The summed E-state index contributed by atoms with van der Waals surface area (Å²) in [6.45, 7) is 3.41. The molecule has 3 heteroatoms. The van der Waals surface area contributed by atoms with Crippen molar-refractivity contribution in [1.82, 2.24) is 9.88 Å². The molecule has 0 N–H and O–H groups in total. The van der Waals surface area contributed by atoms with Crippen molar-refractivity contribution >= 4 is 0 Å². The van der Waals surface area contributed by atoms with Crippen molar-refractivity contribution in [3.63, 3.8) is 0 Å². The molecule has 0 bridgehead atoms. The molecule has 2 atom stereocenters. The second-order valence-corrected chi connectivity index (χ2v) is 5.60. The van der Waals surface area contributed by atoms with Crippen LogP contribution in [0.3, 0.4) is 0 Å². The third-order valence-electron chi connectivity index (χ3n) is 4.42. The first kappa shape index (κ1) is 14.1. The Labute approximate surface area is 126 Å². The SMILES string of the molecule is COc1ccc([C@H](C)N2CCCC2c2ccccn2)cc1. The molecule has 1 saturated heterocycles. The molecule has 0 saturated carbocycles. The van der Waals surface area contributed by atoms with Gasteiger partial charge in [-0.2, -0.15) is 0 Å². The second kappa shape index (κ2) is 6.27. The molecule has 3 rings (SSSR count). The minimum Gasteiger partial charge on any atom is -0.497 e. The van der Waals surface area contributed by atoms with Gasteiger partial charge in [-0.1, -0.05) is 18.2 Å². The van der Waals surface area contributed by atoms with Gasteiger partial charge >= 0.3 is 0 Å². The lowest BCUT2D eigenvalue weighted by molar-refractivity contribution is 0.191. The molecule has 1 aliphatic rings. The number of benzene rings is 1. The fourth-order valence-corrected chi connectivity index (χ4v) is 3.22. The van der Waals surface area contributed by atoms with Crippen LogP contribution in [0.2, 0.25) is 0 Å². The van der Waals surface area contributed by atoms with Gasteiger partial charge in [0.25, 0.3) is 0 Å². The monoisotopic (exact) mass is 282 g/mol. The Bertz CT molecular complexity index is 568. The fourth-order valence-electron chi connectivity index (χ4n) is 3.22. The van der Waals surface area contributed by atoms with Gasteiger partial charge in [-0.05, 0) is 56.1 Å². The maximum Gasteiger partial charge on any atom is 0.118 e. The molecule has 1 aliphatic heterocycles. The normalized spacial score (nSPS) is 20.4. The van der Waals surface area contributed by atoms with Crippen LogP contribution in [-0.2, 0) is 0 Å². The Morgan fingerprint density at radius 2 is 2.00 bits per heavy atom. The summed E-state index contributed by atoms with van der Waals surface area (Å²) in [6.07, 6.45) is 4.32. The lowest BCUT2D eigenvalue weighted by atomic mass is 10.0. The average Bonchev–Trinajstić information content (AvgIpc) is 3.04. The van der Waals surface area contributed by atoms with E-state index in [1.165, 1.54) is 24.1 Å². The molecule has 1 unspecified atom stereocenters. The predicted molar refractivity (Wildman–Crippen MR) is 84.3 cm³/mol. The summed E-state index contributed by atoms with van der Waals surface area (Å²) in [7, 11) is 1.70. The minimum absolute atomic E-state index is 0.394. The van der Waals surface area contributed by atoms with E-state index in [0.29, 0.717) is 12.1 Å². The van der Waals surface area contributed by atoms with E-state index in [9.17, 15) is 0 Å². The highest BCUT2D eigenvalue weighted by Gasteiger charge is 2.30. The lowest BCUT2D eigenvalue weighted by Gasteiger charge is -2.30. The minimum atomic E-state index is 0.394. The van der Waals surface area contributed by atoms with Crippen LogP contribution < -0.4 is 4.74 Å². The Morgan fingerprint density at radius 3 is 2.67 bits per heavy atom. The Morgan fingerprint density at radius 1 is 1.19 bits per heavy atom. The molecular weight excluding hydrogens is 260 g/mol. The van der Waals surface area contributed by atoms with Crippen molar-refractivity contribution < 1.29 is 4.74 Å². The van der Waals surface area contributed by atoms with E-state index in [0.717, 1.165) is 12.3 Å². The van der Waals surface area contributed by atoms with Gasteiger partial charge in [0.05, 0.1) is 18.8 Å². The highest BCUT2D eigenvalue weighted by atomic mass is 16.5. The third-order valence-corrected chi connectivity index (χ3v) is 4.42. The van der Waals surface area contributed by atoms with Crippen molar-refractivity contribution in [2.45, 2.75) is 31.8 Å². The van der Waals surface area contributed by atoms with Crippen molar-refractivity contribution in [2.24, 2.45) is 0 Å². The summed E-state index contributed by atoms with van der Waals surface area (Å²) in [5.74, 6) is 0.911. The largest absolute Gasteiger partial charge is 0.497 e. The van der Waals surface area contributed by atoms with Crippen molar-refractivity contribution in [2.75, 3.05) is 13.7 Å². The van der Waals surface area contributed by atoms with Gasteiger partial charge in [-0.3, -0.25) is 9.88 Å². The van der Waals surface area contributed by atoms with Crippen LogP contribution in [0.4, 0.5) is 0 Å². The topological polar surface area (TPSA) is 25.4 Å². The van der Waals surface area contributed by atoms with Gasteiger partial charge in [0.15, 0.2) is 0 Å². The fraction of sp³-hybridized carbons (Fsp3) is 0.389. The molecule has 2 aromatic rings. The van der Waals surface area contributed by atoms with Crippen LogP contribution in [0.25, 0.3) is 0 Å². The highest BCUT2D eigenvalue weighted by molar-refractivity contribution is 5.29. The molecule has 110 valence electrons. The Hall–Kier alpha value is -1.87. The molecule has 2 heterocycles. The van der Waals surface area contributed by atoms with Crippen LogP contribution in [0.15, 0.2) is 48.7 Å². The van der Waals surface area contributed by atoms with Crippen LogP contribution >= 0.6 is 0 Å². The zero-order chi connectivity index (χ0) is 14.7. The number of rotatable bonds is 4. The molecule has 1 aromatic heterocycles. The number of hydrogen-bond acceptors (Lipinski definition) is 3. The van der Waals surface area contributed by atoms with E-state index in [2.05, 4.69) is 41.1 Å². The van der Waals surface area contributed by atoms with Crippen LogP contribution in [0.5, 0.6) is 5.75 Å². The second-order valence-electron chi connectivity index (χ2n) is 5.60. The summed E-state index contributed by atoms with van der Waals surface area (Å²) in [6, 6.07) is 15.4. The van der Waals surface area contributed by atoms with Crippen LogP contribution in [0.1, 0.15) is 43.1 Å². The van der Waals surface area contributed by atoms with E-state index >= 15 is 0 Å². The van der Waals surface area contributed by atoms with E-state index in [1.807, 2.05) is 24.4 Å². The van der Waals surface area contributed by atoms with Crippen molar-refractivity contribution in [3.05, 3.63) is 59.9 Å². The quantitative estimate of drug-likeness (QED) is 0.848. The Kier molecular flexibility index (Phi) is 4.20. The molecule has 1 aromatic carbocycles. The smallest absolute Gasteiger partial charge is 0.118 e. The molecule has 1 fully saturated rings. The first-order valence-electron chi connectivity index (χ1n) is 7.60. The van der Waals surface area contributed by atoms with Crippen molar-refractivity contribution in [1.29, 1.82) is 0 Å². The van der Waals surface area contributed by atoms with Gasteiger partial charge in [0.1, 0.15) is 5.75 Å². The summed E-state index contributed by atoms with van der Waals surface area (Å²) < 4.78 is 5.24. The summed E-state index contributed by atoms with van der Waals surface area (Å²) in [4.78, 5) is 7.11. The number of ether oxygens (including phenoxy) is 1. The van der Waals surface area contributed by atoms with E-state index in [-0.39, 0.29) is 0 Å². The zero-order valence-electron chi connectivity index (χ0n) is 12.7. The Balaban J connectivity index is 1.80. The van der Waals surface area contributed by atoms with Crippen LogP contribution in [0, 0.1) is 0 Å². The number of pyridine rings is 1. The standard InChI is InChI=1S/C18H22N2O/c1-14(15-8-10-16(21-2)11-9-15)20-13-5-7-18(20)17-6-3-4-12-19-17/h3-4,6,8-12,14,18H,5,7,13H2,1-2H3/t14-,18?/m0/s1. The van der Waals surface area contributed by atoms with Gasteiger partial charge < -0.3 is 4.74 Å². The first-order chi connectivity index (χ1) is 10.3. The zero-order valence-corrected chi connectivity index (χ0v) is 12.7. The van der Waals surface area contributed by atoms with Gasteiger partial charge in [-0.15, -0.1) is 0 Å². The highest BCUT2D eigenvalue weighted by Crippen LogP contribution is 2.37. The molecule has 0 spiro atoms. The number of methoxy groups -OCH3 is 1. The molecule has 0 amide bonds. The molecule has 0 aliphatic carbocycles. The predicted octanol–water partition coefficient (Wildman–Crippen LogP) is 3.99. The maximum atomic E-state index is 5.24. The number of aromatic nitrogens is 1. The molecule has 21 heavy (non-hydrogen) atoms. The van der Waals surface area contributed by atoms with Crippen molar-refractivity contribution in [3.8, 4) is 5.75 Å². The summed E-state index contributed by atoms with van der Waals surface area (Å²) >= 11 is 0. The summed E-state index contributed by atoms with van der Waals surface area (Å²) in [5.41, 5.74) is 2.52. The number of nitrogens with zero attached hydrogens (tertiary/aromatic N) is 2. The maximum absolute atomic E-state index is 5.24. The van der Waals surface area contributed by atoms with Gasteiger partial charge in [0.2, 0.25) is 0 Å².